The molecular formula is C15H11FN2O. The summed E-state index contributed by atoms with van der Waals surface area (Å²) < 4.78 is 13.7. The Morgan fingerprint density at radius 3 is 2.74 bits per heavy atom. The summed E-state index contributed by atoms with van der Waals surface area (Å²) in [6.45, 7) is 1.72. The van der Waals surface area contributed by atoms with Crippen molar-refractivity contribution in [2.75, 3.05) is 0 Å². The minimum atomic E-state index is -0.289. The summed E-state index contributed by atoms with van der Waals surface area (Å²) in [6, 6.07) is 11.7. The van der Waals surface area contributed by atoms with Crippen molar-refractivity contribution in [1.82, 2.24) is 9.97 Å². The molecule has 0 unspecified atom stereocenters. The van der Waals surface area contributed by atoms with E-state index in [0.29, 0.717) is 27.9 Å². The molecule has 1 heterocycles. The van der Waals surface area contributed by atoms with E-state index in [2.05, 4.69) is 9.97 Å². The van der Waals surface area contributed by atoms with Gasteiger partial charge in [-0.2, -0.15) is 0 Å². The van der Waals surface area contributed by atoms with Gasteiger partial charge >= 0.3 is 0 Å². The molecule has 0 aliphatic carbocycles. The van der Waals surface area contributed by atoms with Gasteiger partial charge in [0, 0.05) is 5.56 Å². The van der Waals surface area contributed by atoms with E-state index < -0.39 is 0 Å². The third-order valence-corrected chi connectivity index (χ3v) is 3.01. The van der Waals surface area contributed by atoms with E-state index in [9.17, 15) is 9.18 Å². The van der Waals surface area contributed by atoms with Gasteiger partial charge in [-0.25, -0.2) is 9.37 Å². The molecular weight excluding hydrogens is 243 g/mol. The summed E-state index contributed by atoms with van der Waals surface area (Å²) in [5.41, 5.74) is 1.61. The first-order valence-electron chi connectivity index (χ1n) is 5.91. The number of hydrogen-bond donors (Lipinski definition) is 1. The van der Waals surface area contributed by atoms with Crippen LogP contribution >= 0.6 is 0 Å². The minimum absolute atomic E-state index is 0.178. The molecule has 3 aromatic rings. The van der Waals surface area contributed by atoms with Crippen molar-refractivity contribution in [1.29, 1.82) is 0 Å². The van der Waals surface area contributed by atoms with Gasteiger partial charge in [0.05, 0.1) is 10.9 Å². The quantitative estimate of drug-likeness (QED) is 0.725. The van der Waals surface area contributed by atoms with Crippen LogP contribution in [0.3, 0.4) is 0 Å². The zero-order valence-electron chi connectivity index (χ0n) is 10.3. The Morgan fingerprint density at radius 1 is 1.16 bits per heavy atom. The lowest BCUT2D eigenvalue weighted by Gasteiger charge is -2.05. The average molecular weight is 254 g/mol. The van der Waals surface area contributed by atoms with Crippen LogP contribution in [0.1, 0.15) is 5.82 Å². The Hall–Kier alpha value is -2.49. The summed E-state index contributed by atoms with van der Waals surface area (Å²) >= 11 is 0. The van der Waals surface area contributed by atoms with Gasteiger partial charge < -0.3 is 4.98 Å². The maximum Gasteiger partial charge on any atom is 0.258 e. The molecule has 19 heavy (non-hydrogen) atoms. The Balaban J connectivity index is 2.28. The third-order valence-electron chi connectivity index (χ3n) is 3.01. The maximum atomic E-state index is 13.7. The van der Waals surface area contributed by atoms with Crippen molar-refractivity contribution < 1.29 is 4.39 Å². The highest BCUT2D eigenvalue weighted by molar-refractivity contribution is 5.83. The fourth-order valence-corrected chi connectivity index (χ4v) is 2.12. The molecule has 0 fully saturated rings. The van der Waals surface area contributed by atoms with E-state index in [1.54, 1.807) is 43.3 Å². The number of hydrogen-bond acceptors (Lipinski definition) is 2. The fraction of sp³-hybridized carbons (Fsp3) is 0.0667. The molecule has 0 saturated heterocycles. The molecule has 2 aromatic carbocycles. The Kier molecular flexibility index (Phi) is 2.63. The summed E-state index contributed by atoms with van der Waals surface area (Å²) in [5.74, 6) is 0.256. The molecule has 0 aliphatic rings. The van der Waals surface area contributed by atoms with Gasteiger partial charge in [-0.1, -0.05) is 24.3 Å². The number of aryl methyl sites for hydroxylation is 1. The van der Waals surface area contributed by atoms with Crippen LogP contribution in [0.4, 0.5) is 4.39 Å². The standard InChI is InChI=1S/C15H11FN2O/c1-9-17-14-8-10(6-7-12(14)15(19)18-9)11-4-2-3-5-13(11)16/h2-8H,1H3,(H,17,18,19). The van der Waals surface area contributed by atoms with Crippen LogP contribution in [-0.4, -0.2) is 9.97 Å². The van der Waals surface area contributed by atoms with E-state index in [-0.39, 0.29) is 11.4 Å². The number of nitrogens with zero attached hydrogens (tertiary/aromatic N) is 1. The van der Waals surface area contributed by atoms with Crippen LogP contribution in [-0.2, 0) is 0 Å². The highest BCUT2D eigenvalue weighted by Crippen LogP contribution is 2.24. The molecule has 0 bridgehead atoms. The summed E-state index contributed by atoms with van der Waals surface area (Å²) in [4.78, 5) is 18.7. The van der Waals surface area contributed by atoms with E-state index in [4.69, 9.17) is 0 Å². The summed E-state index contributed by atoms with van der Waals surface area (Å²) in [6.07, 6.45) is 0. The monoisotopic (exact) mass is 254 g/mol. The van der Waals surface area contributed by atoms with E-state index in [0.717, 1.165) is 0 Å². The molecule has 3 nitrogen and oxygen atoms in total. The second kappa shape index (κ2) is 4.31. The number of rotatable bonds is 1. The largest absolute Gasteiger partial charge is 0.310 e. The van der Waals surface area contributed by atoms with Gasteiger partial charge in [0.25, 0.3) is 5.56 Å². The summed E-state index contributed by atoms with van der Waals surface area (Å²) in [7, 11) is 0. The van der Waals surface area contributed by atoms with Crippen molar-refractivity contribution in [3.05, 3.63) is 64.5 Å². The fourth-order valence-electron chi connectivity index (χ4n) is 2.12. The van der Waals surface area contributed by atoms with Crippen molar-refractivity contribution in [3.63, 3.8) is 0 Å². The highest BCUT2D eigenvalue weighted by atomic mass is 19.1. The molecule has 0 saturated carbocycles. The zero-order chi connectivity index (χ0) is 13.4. The predicted molar refractivity (Wildman–Crippen MR) is 72.5 cm³/mol. The van der Waals surface area contributed by atoms with Crippen LogP contribution in [0.2, 0.25) is 0 Å². The summed E-state index contributed by atoms with van der Waals surface area (Å²) in [5, 5.41) is 0.505. The first-order chi connectivity index (χ1) is 9.15. The molecule has 4 heteroatoms. The van der Waals surface area contributed by atoms with Crippen LogP contribution in [0, 0.1) is 12.7 Å². The maximum absolute atomic E-state index is 13.7. The predicted octanol–water partition coefficient (Wildman–Crippen LogP) is 3.04. The van der Waals surface area contributed by atoms with Gasteiger partial charge in [-0.15, -0.1) is 0 Å². The van der Waals surface area contributed by atoms with Crippen LogP contribution < -0.4 is 5.56 Å². The van der Waals surface area contributed by atoms with E-state index in [1.807, 2.05) is 0 Å². The van der Waals surface area contributed by atoms with Gasteiger partial charge in [0.15, 0.2) is 0 Å². The topological polar surface area (TPSA) is 45.8 Å². The molecule has 1 aromatic heterocycles. The number of fused-ring (bicyclic) bond motifs is 1. The Morgan fingerprint density at radius 2 is 1.95 bits per heavy atom. The molecule has 0 aliphatic heterocycles. The first kappa shape index (κ1) is 11.6. The van der Waals surface area contributed by atoms with Gasteiger partial charge in [-0.05, 0) is 30.7 Å². The SMILES string of the molecule is Cc1nc2cc(-c3ccccc3F)ccc2c(=O)[nH]1. The molecule has 1 N–H and O–H groups in total. The zero-order valence-corrected chi connectivity index (χ0v) is 10.3. The lowest BCUT2D eigenvalue weighted by atomic mass is 10.0. The van der Waals surface area contributed by atoms with Crippen LogP contribution in [0.25, 0.3) is 22.0 Å². The molecule has 0 spiro atoms. The van der Waals surface area contributed by atoms with E-state index in [1.165, 1.54) is 6.07 Å². The number of nitrogens with one attached hydrogen (secondary N) is 1. The third kappa shape index (κ3) is 2.01. The number of halogens is 1. The smallest absolute Gasteiger partial charge is 0.258 e. The molecule has 3 rings (SSSR count). The van der Waals surface area contributed by atoms with E-state index >= 15 is 0 Å². The molecule has 0 radical (unpaired) electrons. The second-order valence-electron chi connectivity index (χ2n) is 4.36. The van der Waals surface area contributed by atoms with Crippen molar-refractivity contribution in [2.24, 2.45) is 0 Å². The molecule has 0 atom stereocenters. The second-order valence-corrected chi connectivity index (χ2v) is 4.36. The van der Waals surface area contributed by atoms with Crippen molar-refractivity contribution >= 4 is 10.9 Å². The number of aromatic nitrogens is 2. The normalized spacial score (nSPS) is 10.8. The van der Waals surface area contributed by atoms with Gasteiger partial charge in [0.2, 0.25) is 0 Å². The van der Waals surface area contributed by atoms with Crippen molar-refractivity contribution in [2.45, 2.75) is 6.92 Å². The number of H-pyrrole nitrogens is 1. The first-order valence-corrected chi connectivity index (χ1v) is 5.91. The van der Waals surface area contributed by atoms with Crippen LogP contribution in [0.5, 0.6) is 0 Å². The molecule has 0 amide bonds. The highest BCUT2D eigenvalue weighted by Gasteiger charge is 2.07. The average Bonchev–Trinajstić information content (AvgIpc) is 2.38. The van der Waals surface area contributed by atoms with Crippen molar-refractivity contribution in [3.8, 4) is 11.1 Å². The molecule has 94 valence electrons. The number of benzene rings is 2. The Bertz CT molecular complexity index is 824. The Labute approximate surface area is 108 Å². The van der Waals surface area contributed by atoms with Crippen LogP contribution in [0.15, 0.2) is 47.3 Å². The lowest BCUT2D eigenvalue weighted by Crippen LogP contribution is -2.09. The van der Waals surface area contributed by atoms with Gasteiger partial charge in [-0.3, -0.25) is 4.79 Å². The van der Waals surface area contributed by atoms with Gasteiger partial charge in [0.1, 0.15) is 11.6 Å². The lowest BCUT2D eigenvalue weighted by molar-refractivity contribution is 0.631. The minimum Gasteiger partial charge on any atom is -0.310 e. The number of aromatic amines is 1.